The van der Waals surface area contributed by atoms with Gasteiger partial charge in [-0.05, 0) is 36.2 Å². The van der Waals surface area contributed by atoms with E-state index in [1.165, 1.54) is 44.0 Å². The van der Waals surface area contributed by atoms with Gasteiger partial charge in [-0.15, -0.1) is 0 Å². The number of ether oxygens (including phenoxy) is 2. The zero-order chi connectivity index (χ0) is 27.2. The maximum absolute atomic E-state index is 13.6. The molecular formula is C24H26F2N4O6S. The summed E-state index contributed by atoms with van der Waals surface area (Å²) in [7, 11) is -1.15. The Balaban J connectivity index is 1.97. The second-order valence-electron chi connectivity index (χ2n) is 7.99. The molecule has 0 bridgehead atoms. The molecule has 2 heterocycles. The molecule has 1 N–H and O–H groups in total. The number of nitrogens with zero attached hydrogens (tertiary/aromatic N) is 3. The highest BCUT2D eigenvalue weighted by Crippen LogP contribution is 2.28. The van der Waals surface area contributed by atoms with E-state index in [0.29, 0.717) is 17.1 Å². The molecule has 198 valence electrons. The number of aromatic nitrogens is 3. The van der Waals surface area contributed by atoms with Crippen molar-refractivity contribution in [3.05, 3.63) is 64.2 Å². The van der Waals surface area contributed by atoms with Crippen LogP contribution in [0.1, 0.15) is 31.0 Å². The van der Waals surface area contributed by atoms with Gasteiger partial charge in [0.1, 0.15) is 5.69 Å². The van der Waals surface area contributed by atoms with Crippen LogP contribution in [0.25, 0.3) is 11.3 Å². The van der Waals surface area contributed by atoms with Crippen LogP contribution in [0, 0.1) is 0 Å². The lowest BCUT2D eigenvalue weighted by Crippen LogP contribution is -2.23. The molecule has 0 saturated carbocycles. The van der Waals surface area contributed by atoms with Gasteiger partial charge in [0, 0.05) is 31.3 Å². The summed E-state index contributed by atoms with van der Waals surface area (Å²) in [6.45, 7) is 1.51. The van der Waals surface area contributed by atoms with E-state index in [4.69, 9.17) is 9.47 Å². The Labute approximate surface area is 212 Å². The van der Waals surface area contributed by atoms with Gasteiger partial charge >= 0.3 is 0 Å². The van der Waals surface area contributed by atoms with Crippen molar-refractivity contribution in [3.8, 4) is 22.8 Å². The molecule has 0 aliphatic rings. The average Bonchev–Trinajstić information content (AvgIpc) is 2.87. The van der Waals surface area contributed by atoms with E-state index in [1.807, 2.05) is 0 Å². The standard InChI is InChI=1S/C24H26F2N4O6S/c1-15(31)27-9-4-10-37(33,34)24-28-18(12-19(29-24)23(25)26)17-6-8-22(32)30(14-17)13-16-5-7-20(35-2)21(11-16)36-3/h5-8,11-12,14,23H,4,9-10,13H2,1-3H3,(H,27,31). The topological polar surface area (TPSA) is 129 Å². The molecular weight excluding hydrogens is 510 g/mol. The molecule has 37 heavy (non-hydrogen) atoms. The number of alkyl halides is 2. The van der Waals surface area contributed by atoms with Crippen LogP contribution < -0.4 is 20.3 Å². The van der Waals surface area contributed by atoms with Crippen molar-refractivity contribution < 1.29 is 31.5 Å². The van der Waals surface area contributed by atoms with Gasteiger partial charge in [-0.3, -0.25) is 9.59 Å². The summed E-state index contributed by atoms with van der Waals surface area (Å²) in [6.07, 6.45) is -1.59. The maximum Gasteiger partial charge on any atom is 0.280 e. The Bertz CT molecular complexity index is 1440. The molecule has 0 radical (unpaired) electrons. The van der Waals surface area contributed by atoms with E-state index >= 15 is 0 Å². The second kappa shape index (κ2) is 11.9. The summed E-state index contributed by atoms with van der Waals surface area (Å²) in [5.74, 6) is 0.213. The molecule has 1 aromatic carbocycles. The number of hydrogen-bond donors (Lipinski definition) is 1. The molecule has 0 atom stereocenters. The molecule has 0 saturated heterocycles. The van der Waals surface area contributed by atoms with Crippen LogP contribution in [0.2, 0.25) is 0 Å². The summed E-state index contributed by atoms with van der Waals surface area (Å²) in [5.41, 5.74) is -0.253. The minimum atomic E-state index is -4.13. The van der Waals surface area contributed by atoms with Crippen LogP contribution in [0.15, 0.2) is 52.5 Å². The normalized spacial score (nSPS) is 11.4. The summed E-state index contributed by atoms with van der Waals surface area (Å²) < 4.78 is 64.5. The maximum atomic E-state index is 13.6. The van der Waals surface area contributed by atoms with Crippen molar-refractivity contribution in [2.24, 2.45) is 0 Å². The zero-order valence-corrected chi connectivity index (χ0v) is 21.2. The molecule has 0 fully saturated rings. The third kappa shape index (κ3) is 7.09. The average molecular weight is 537 g/mol. The molecule has 0 aliphatic carbocycles. The first kappa shape index (κ1) is 27.7. The van der Waals surface area contributed by atoms with Gasteiger partial charge < -0.3 is 19.4 Å². The van der Waals surface area contributed by atoms with Crippen LogP contribution in [0.3, 0.4) is 0 Å². The molecule has 3 rings (SSSR count). The van der Waals surface area contributed by atoms with Crippen molar-refractivity contribution >= 4 is 15.7 Å². The number of methoxy groups -OCH3 is 2. The smallest absolute Gasteiger partial charge is 0.280 e. The van der Waals surface area contributed by atoms with Gasteiger partial charge in [0.25, 0.3) is 12.0 Å². The third-order valence-corrected chi connectivity index (χ3v) is 6.84. The lowest BCUT2D eigenvalue weighted by molar-refractivity contribution is -0.118. The predicted molar refractivity (Wildman–Crippen MR) is 131 cm³/mol. The summed E-state index contributed by atoms with van der Waals surface area (Å²) in [5, 5.41) is 1.72. The van der Waals surface area contributed by atoms with E-state index < -0.39 is 32.9 Å². The third-order valence-electron chi connectivity index (χ3n) is 5.27. The predicted octanol–water partition coefficient (Wildman–Crippen LogP) is 2.61. The van der Waals surface area contributed by atoms with E-state index in [1.54, 1.807) is 18.2 Å². The molecule has 13 heteroatoms. The molecule has 3 aromatic rings. The fourth-order valence-corrected chi connectivity index (χ4v) is 4.63. The number of carbonyl (C=O) groups is 1. The zero-order valence-electron chi connectivity index (χ0n) is 20.4. The minimum Gasteiger partial charge on any atom is -0.493 e. The van der Waals surface area contributed by atoms with Crippen molar-refractivity contribution in [1.29, 1.82) is 0 Å². The van der Waals surface area contributed by atoms with E-state index in [9.17, 15) is 26.8 Å². The van der Waals surface area contributed by atoms with Crippen LogP contribution in [0.4, 0.5) is 8.78 Å². The number of carbonyl (C=O) groups excluding carboxylic acids is 1. The summed E-state index contributed by atoms with van der Waals surface area (Å²) >= 11 is 0. The molecule has 0 unspecified atom stereocenters. The van der Waals surface area contributed by atoms with Gasteiger partial charge in [-0.1, -0.05) is 6.07 Å². The van der Waals surface area contributed by atoms with Crippen molar-refractivity contribution in [1.82, 2.24) is 19.9 Å². The van der Waals surface area contributed by atoms with Gasteiger partial charge in [0.05, 0.1) is 32.2 Å². The first-order valence-electron chi connectivity index (χ1n) is 11.1. The second-order valence-corrected chi connectivity index (χ2v) is 9.99. The van der Waals surface area contributed by atoms with Gasteiger partial charge in [0.2, 0.25) is 20.9 Å². The SMILES string of the molecule is COc1ccc(Cn2cc(-c3cc(C(F)F)nc(S(=O)(=O)CCCNC(C)=O)n3)ccc2=O)cc1OC. The number of halogens is 2. The summed E-state index contributed by atoms with van der Waals surface area (Å²) in [6, 6.07) is 8.72. The Morgan fingerprint density at radius 1 is 1.08 bits per heavy atom. The number of nitrogens with one attached hydrogen (secondary N) is 1. The Morgan fingerprint density at radius 2 is 1.81 bits per heavy atom. The highest BCUT2D eigenvalue weighted by molar-refractivity contribution is 7.91. The molecule has 10 nitrogen and oxygen atoms in total. The van der Waals surface area contributed by atoms with Crippen LogP contribution in [0.5, 0.6) is 11.5 Å². The fraction of sp³-hybridized carbons (Fsp3) is 0.333. The van der Waals surface area contributed by atoms with E-state index in [-0.39, 0.29) is 42.2 Å². The molecule has 1 amide bonds. The van der Waals surface area contributed by atoms with E-state index in [0.717, 1.165) is 6.07 Å². The molecule has 2 aromatic heterocycles. The monoisotopic (exact) mass is 536 g/mol. The van der Waals surface area contributed by atoms with Gasteiger partial charge in [-0.2, -0.15) is 0 Å². The van der Waals surface area contributed by atoms with Crippen molar-refractivity contribution in [2.75, 3.05) is 26.5 Å². The van der Waals surface area contributed by atoms with Gasteiger partial charge in [-0.25, -0.2) is 27.2 Å². The first-order chi connectivity index (χ1) is 17.5. The number of pyridine rings is 1. The highest BCUT2D eigenvalue weighted by Gasteiger charge is 2.23. The van der Waals surface area contributed by atoms with Gasteiger partial charge in [0.15, 0.2) is 11.5 Å². The number of sulfone groups is 1. The number of hydrogen-bond acceptors (Lipinski definition) is 8. The largest absolute Gasteiger partial charge is 0.493 e. The Morgan fingerprint density at radius 3 is 2.46 bits per heavy atom. The van der Waals surface area contributed by atoms with Crippen LogP contribution in [-0.2, 0) is 21.2 Å². The van der Waals surface area contributed by atoms with Crippen molar-refractivity contribution in [2.45, 2.75) is 31.5 Å². The van der Waals surface area contributed by atoms with Crippen LogP contribution >= 0.6 is 0 Å². The molecule has 0 aliphatic heterocycles. The number of benzene rings is 1. The van der Waals surface area contributed by atoms with E-state index in [2.05, 4.69) is 15.3 Å². The lowest BCUT2D eigenvalue weighted by atomic mass is 10.1. The summed E-state index contributed by atoms with van der Waals surface area (Å²) in [4.78, 5) is 31.1. The Hall–Kier alpha value is -3.87. The minimum absolute atomic E-state index is 0.0513. The van der Waals surface area contributed by atoms with Crippen LogP contribution in [-0.4, -0.2) is 55.4 Å². The quantitative estimate of drug-likeness (QED) is 0.293. The lowest BCUT2D eigenvalue weighted by Gasteiger charge is -2.13. The first-order valence-corrected chi connectivity index (χ1v) is 12.8. The fourth-order valence-electron chi connectivity index (χ4n) is 3.44. The molecule has 0 spiro atoms. The Kier molecular flexibility index (Phi) is 8.92. The highest BCUT2D eigenvalue weighted by atomic mass is 32.2. The number of amides is 1. The van der Waals surface area contributed by atoms with Crippen molar-refractivity contribution in [3.63, 3.8) is 0 Å². The number of rotatable bonds is 11.